The van der Waals surface area contributed by atoms with E-state index in [0.717, 1.165) is 59.4 Å². The van der Waals surface area contributed by atoms with Crippen LogP contribution in [0.4, 0.5) is 10.2 Å². The van der Waals surface area contributed by atoms with Gasteiger partial charge in [-0.15, -0.1) is 0 Å². The van der Waals surface area contributed by atoms with Crippen molar-refractivity contribution in [3.8, 4) is 11.4 Å². The van der Waals surface area contributed by atoms with Crippen molar-refractivity contribution in [2.75, 3.05) is 11.9 Å². The average molecular weight is 417 g/mol. The van der Waals surface area contributed by atoms with Crippen LogP contribution in [0.1, 0.15) is 48.2 Å². The number of benzene rings is 1. The molecule has 0 spiro atoms. The number of amides is 1. The Bertz CT molecular complexity index is 1130. The highest BCUT2D eigenvalue weighted by molar-refractivity contribution is 5.73. The molecule has 3 aromatic rings. The van der Waals surface area contributed by atoms with Gasteiger partial charge in [0.25, 0.3) is 0 Å². The minimum absolute atomic E-state index is 0.00115. The van der Waals surface area contributed by atoms with Crippen LogP contribution < -0.4 is 5.32 Å². The lowest BCUT2D eigenvalue weighted by molar-refractivity contribution is -0.129. The SMILES string of the molecule is CC(=O)N1CCC(Nc2nc(-c3ccncc3)nc3c2CCC3)c2ccc(F)cc2C1. The van der Waals surface area contributed by atoms with Gasteiger partial charge < -0.3 is 10.2 Å². The summed E-state index contributed by atoms with van der Waals surface area (Å²) in [6, 6.07) is 8.62. The molecule has 31 heavy (non-hydrogen) atoms. The summed E-state index contributed by atoms with van der Waals surface area (Å²) in [6.07, 6.45) is 7.15. The summed E-state index contributed by atoms with van der Waals surface area (Å²) in [5.74, 6) is 1.24. The van der Waals surface area contributed by atoms with Gasteiger partial charge in [0.15, 0.2) is 5.82 Å². The van der Waals surface area contributed by atoms with Crippen molar-refractivity contribution in [2.24, 2.45) is 0 Å². The van der Waals surface area contributed by atoms with E-state index in [2.05, 4.69) is 10.3 Å². The van der Waals surface area contributed by atoms with Crippen LogP contribution in [0.25, 0.3) is 11.4 Å². The third-order valence-corrected chi connectivity index (χ3v) is 6.16. The molecular weight excluding hydrogens is 393 g/mol. The van der Waals surface area contributed by atoms with E-state index in [1.807, 2.05) is 18.2 Å². The smallest absolute Gasteiger partial charge is 0.219 e. The monoisotopic (exact) mass is 417 g/mol. The number of hydrogen-bond acceptors (Lipinski definition) is 5. The van der Waals surface area contributed by atoms with Crippen LogP contribution in [0.2, 0.25) is 0 Å². The van der Waals surface area contributed by atoms with Gasteiger partial charge in [-0.3, -0.25) is 9.78 Å². The quantitative estimate of drug-likeness (QED) is 0.696. The molecule has 1 atom stereocenters. The molecular formula is C24H24FN5O. The second-order valence-electron chi connectivity index (χ2n) is 8.18. The number of anilines is 1. The largest absolute Gasteiger partial charge is 0.363 e. The predicted octanol–water partition coefficient (Wildman–Crippen LogP) is 4.07. The van der Waals surface area contributed by atoms with Crippen LogP contribution >= 0.6 is 0 Å². The van der Waals surface area contributed by atoms with Gasteiger partial charge in [0.2, 0.25) is 5.91 Å². The lowest BCUT2D eigenvalue weighted by Gasteiger charge is -2.22. The molecule has 1 unspecified atom stereocenters. The summed E-state index contributed by atoms with van der Waals surface area (Å²) >= 11 is 0. The summed E-state index contributed by atoms with van der Waals surface area (Å²) in [4.78, 5) is 27.6. The van der Waals surface area contributed by atoms with Crippen molar-refractivity contribution in [2.45, 2.75) is 45.2 Å². The number of rotatable bonds is 3. The van der Waals surface area contributed by atoms with Gasteiger partial charge in [0.05, 0.1) is 6.04 Å². The highest BCUT2D eigenvalue weighted by Crippen LogP contribution is 2.34. The fraction of sp³-hybridized carbons (Fsp3) is 0.333. The first-order valence-electron chi connectivity index (χ1n) is 10.7. The molecule has 0 bridgehead atoms. The first kappa shape index (κ1) is 19.6. The van der Waals surface area contributed by atoms with Crippen LogP contribution in [0, 0.1) is 5.82 Å². The summed E-state index contributed by atoms with van der Waals surface area (Å²) in [7, 11) is 0. The maximum atomic E-state index is 14.0. The van der Waals surface area contributed by atoms with Gasteiger partial charge in [-0.05, 0) is 61.1 Å². The Morgan fingerprint density at radius 2 is 2.00 bits per heavy atom. The number of fused-ring (bicyclic) bond motifs is 2. The maximum absolute atomic E-state index is 14.0. The number of aryl methyl sites for hydroxylation is 1. The second kappa shape index (κ2) is 8.06. The van der Waals surface area contributed by atoms with Crippen LogP contribution in [0.5, 0.6) is 0 Å². The Kier molecular flexibility index (Phi) is 5.10. The zero-order chi connectivity index (χ0) is 21.4. The van der Waals surface area contributed by atoms with E-state index in [1.54, 1.807) is 24.2 Å². The molecule has 1 amide bonds. The number of nitrogens with one attached hydrogen (secondary N) is 1. The van der Waals surface area contributed by atoms with Crippen molar-refractivity contribution in [3.63, 3.8) is 0 Å². The average Bonchev–Trinajstić information content (AvgIpc) is 3.18. The molecule has 2 aromatic heterocycles. The number of halogens is 1. The lowest BCUT2D eigenvalue weighted by atomic mass is 9.99. The second-order valence-corrected chi connectivity index (χ2v) is 8.18. The number of hydrogen-bond donors (Lipinski definition) is 1. The number of carbonyl (C=O) groups excluding carboxylic acids is 1. The van der Waals surface area contributed by atoms with Crippen LogP contribution in [0.3, 0.4) is 0 Å². The number of pyridine rings is 1. The zero-order valence-corrected chi connectivity index (χ0v) is 17.4. The van der Waals surface area contributed by atoms with Crippen molar-refractivity contribution in [1.29, 1.82) is 0 Å². The molecule has 1 N–H and O–H groups in total. The Balaban J connectivity index is 1.54. The molecule has 0 fully saturated rings. The van der Waals surface area contributed by atoms with Gasteiger partial charge in [-0.1, -0.05) is 6.07 Å². The Morgan fingerprint density at radius 3 is 2.81 bits per heavy atom. The summed E-state index contributed by atoms with van der Waals surface area (Å²) in [5.41, 5.74) is 5.03. The molecule has 2 aliphatic rings. The molecule has 1 aromatic carbocycles. The van der Waals surface area contributed by atoms with E-state index < -0.39 is 0 Å². The molecule has 0 saturated heterocycles. The minimum atomic E-state index is -0.286. The first-order chi connectivity index (χ1) is 15.1. The maximum Gasteiger partial charge on any atom is 0.219 e. The Labute approximate surface area is 180 Å². The topological polar surface area (TPSA) is 71.0 Å². The molecule has 3 heterocycles. The van der Waals surface area contributed by atoms with E-state index in [1.165, 1.54) is 12.1 Å². The zero-order valence-electron chi connectivity index (χ0n) is 17.4. The highest BCUT2D eigenvalue weighted by Gasteiger charge is 2.27. The molecule has 0 saturated carbocycles. The van der Waals surface area contributed by atoms with Gasteiger partial charge in [0.1, 0.15) is 11.6 Å². The number of nitrogens with zero attached hydrogens (tertiary/aromatic N) is 4. The molecule has 7 heteroatoms. The van der Waals surface area contributed by atoms with E-state index in [0.29, 0.717) is 18.9 Å². The van der Waals surface area contributed by atoms with E-state index in [-0.39, 0.29) is 17.8 Å². The van der Waals surface area contributed by atoms with Gasteiger partial charge >= 0.3 is 0 Å². The molecule has 1 aliphatic heterocycles. The lowest BCUT2D eigenvalue weighted by Crippen LogP contribution is -2.28. The fourth-order valence-electron chi connectivity index (χ4n) is 4.54. The third kappa shape index (κ3) is 3.87. The minimum Gasteiger partial charge on any atom is -0.363 e. The van der Waals surface area contributed by atoms with Crippen molar-refractivity contribution in [3.05, 3.63) is 70.9 Å². The normalized spacial score (nSPS) is 17.6. The van der Waals surface area contributed by atoms with E-state index in [4.69, 9.17) is 9.97 Å². The molecule has 6 nitrogen and oxygen atoms in total. The van der Waals surface area contributed by atoms with Gasteiger partial charge in [-0.2, -0.15) is 0 Å². The van der Waals surface area contributed by atoms with E-state index >= 15 is 0 Å². The molecule has 5 rings (SSSR count). The van der Waals surface area contributed by atoms with Crippen LogP contribution in [0.15, 0.2) is 42.7 Å². The highest BCUT2D eigenvalue weighted by atomic mass is 19.1. The van der Waals surface area contributed by atoms with Crippen molar-refractivity contribution >= 4 is 11.7 Å². The first-order valence-corrected chi connectivity index (χ1v) is 10.7. The summed E-state index contributed by atoms with van der Waals surface area (Å²) in [6.45, 7) is 2.59. The molecule has 158 valence electrons. The van der Waals surface area contributed by atoms with E-state index in [9.17, 15) is 9.18 Å². The fourth-order valence-corrected chi connectivity index (χ4v) is 4.54. The number of carbonyl (C=O) groups is 1. The number of aromatic nitrogens is 3. The van der Waals surface area contributed by atoms with Gasteiger partial charge in [0, 0.05) is 49.2 Å². The van der Waals surface area contributed by atoms with Crippen molar-refractivity contribution < 1.29 is 9.18 Å². The molecule has 0 radical (unpaired) electrons. The standard InChI is InChI=1S/C24H24FN5O/c1-15(31)30-12-9-22(19-6-5-18(25)13-17(19)14-30)28-24-20-3-2-4-21(20)27-23(29-24)16-7-10-26-11-8-16/h5-8,10-11,13,22H,2-4,9,12,14H2,1H3,(H,27,28,29). The van der Waals surface area contributed by atoms with Gasteiger partial charge in [-0.25, -0.2) is 14.4 Å². The summed E-state index contributed by atoms with van der Waals surface area (Å²) in [5, 5.41) is 3.64. The Hall–Kier alpha value is -3.35. The Morgan fingerprint density at radius 1 is 1.16 bits per heavy atom. The van der Waals surface area contributed by atoms with Crippen LogP contribution in [-0.2, 0) is 24.2 Å². The third-order valence-electron chi connectivity index (χ3n) is 6.16. The molecule has 1 aliphatic carbocycles. The van der Waals surface area contributed by atoms with Crippen molar-refractivity contribution in [1.82, 2.24) is 19.9 Å². The predicted molar refractivity (Wildman–Crippen MR) is 116 cm³/mol. The summed E-state index contributed by atoms with van der Waals surface area (Å²) < 4.78 is 14.0. The van der Waals surface area contributed by atoms with Crippen LogP contribution in [-0.4, -0.2) is 32.3 Å².